The first-order chi connectivity index (χ1) is 12.5. The zero-order chi connectivity index (χ0) is 18.1. The number of carbonyl (C=O) groups is 1. The maximum absolute atomic E-state index is 13.1. The SMILES string of the molecule is CC1(C)CN(Cc2ccccc2)C(=O)N1c1nc(-c2ccccc2)cs1. The number of hydrogen-bond donors (Lipinski definition) is 0. The molecule has 1 aliphatic heterocycles. The van der Waals surface area contributed by atoms with E-state index in [9.17, 15) is 4.79 Å². The van der Waals surface area contributed by atoms with Crippen LogP contribution in [-0.2, 0) is 6.54 Å². The Morgan fingerprint density at radius 1 is 1.04 bits per heavy atom. The molecule has 3 aromatic rings. The van der Waals surface area contributed by atoms with Gasteiger partial charge in [-0.15, -0.1) is 11.3 Å². The molecular formula is C21H21N3OS. The van der Waals surface area contributed by atoms with Gasteiger partial charge in [-0.2, -0.15) is 0 Å². The fourth-order valence-corrected chi connectivity index (χ4v) is 4.37. The van der Waals surface area contributed by atoms with Gasteiger partial charge < -0.3 is 4.90 Å². The summed E-state index contributed by atoms with van der Waals surface area (Å²) in [6, 6.07) is 20.2. The molecule has 2 amide bonds. The van der Waals surface area contributed by atoms with Crippen LogP contribution in [0, 0.1) is 0 Å². The lowest BCUT2D eigenvalue weighted by Crippen LogP contribution is -2.42. The normalized spacial score (nSPS) is 16.3. The molecule has 1 aliphatic rings. The van der Waals surface area contributed by atoms with Crippen molar-refractivity contribution >= 4 is 22.5 Å². The van der Waals surface area contributed by atoms with E-state index in [4.69, 9.17) is 4.98 Å². The lowest BCUT2D eigenvalue weighted by molar-refractivity contribution is 0.218. The Morgan fingerprint density at radius 3 is 2.38 bits per heavy atom. The van der Waals surface area contributed by atoms with Crippen LogP contribution >= 0.6 is 11.3 Å². The third-order valence-corrected chi connectivity index (χ3v) is 5.44. The molecule has 0 aliphatic carbocycles. The molecule has 0 N–H and O–H groups in total. The van der Waals surface area contributed by atoms with Gasteiger partial charge in [-0.3, -0.25) is 4.90 Å². The topological polar surface area (TPSA) is 36.4 Å². The van der Waals surface area contributed by atoms with Crippen molar-refractivity contribution in [3.63, 3.8) is 0 Å². The van der Waals surface area contributed by atoms with Gasteiger partial charge in [0.1, 0.15) is 0 Å². The molecule has 5 heteroatoms. The highest BCUT2D eigenvalue weighted by molar-refractivity contribution is 7.14. The molecule has 0 bridgehead atoms. The van der Waals surface area contributed by atoms with Gasteiger partial charge in [0, 0.05) is 24.0 Å². The van der Waals surface area contributed by atoms with Crippen LogP contribution in [0.5, 0.6) is 0 Å². The average Bonchev–Trinajstić information content (AvgIpc) is 3.19. The standard InChI is InChI=1S/C21H21N3OS/c1-21(2)15-23(13-16-9-5-3-6-10-16)20(25)24(21)19-22-18(14-26-19)17-11-7-4-8-12-17/h3-12,14H,13,15H2,1-2H3. The first kappa shape index (κ1) is 16.8. The maximum Gasteiger partial charge on any atom is 0.327 e. The zero-order valence-electron chi connectivity index (χ0n) is 14.9. The van der Waals surface area contributed by atoms with Crippen molar-refractivity contribution in [3.8, 4) is 11.3 Å². The predicted molar refractivity (Wildman–Crippen MR) is 106 cm³/mol. The molecule has 0 atom stereocenters. The lowest BCUT2D eigenvalue weighted by Gasteiger charge is -2.26. The van der Waals surface area contributed by atoms with Gasteiger partial charge >= 0.3 is 6.03 Å². The van der Waals surface area contributed by atoms with Crippen molar-refractivity contribution in [2.75, 3.05) is 11.4 Å². The third-order valence-electron chi connectivity index (χ3n) is 4.61. The van der Waals surface area contributed by atoms with E-state index in [1.807, 2.05) is 63.7 Å². The number of carbonyl (C=O) groups excluding carboxylic acids is 1. The Hall–Kier alpha value is -2.66. The highest BCUT2D eigenvalue weighted by Crippen LogP contribution is 2.36. The predicted octanol–water partition coefficient (Wildman–Crippen LogP) is 5.03. The Labute approximate surface area is 157 Å². The number of benzene rings is 2. The Bertz CT molecular complexity index is 905. The molecule has 4 rings (SSSR count). The van der Waals surface area contributed by atoms with Crippen LogP contribution < -0.4 is 4.90 Å². The molecule has 0 radical (unpaired) electrons. The van der Waals surface area contributed by atoms with Crippen LogP contribution in [0.15, 0.2) is 66.0 Å². The monoisotopic (exact) mass is 363 g/mol. The molecule has 2 heterocycles. The van der Waals surface area contributed by atoms with Crippen molar-refractivity contribution < 1.29 is 4.79 Å². The molecule has 1 saturated heterocycles. The summed E-state index contributed by atoms with van der Waals surface area (Å²) in [6.07, 6.45) is 0. The number of amides is 2. The zero-order valence-corrected chi connectivity index (χ0v) is 15.7. The van der Waals surface area contributed by atoms with E-state index in [1.54, 1.807) is 0 Å². The largest absolute Gasteiger partial charge is 0.327 e. The number of anilines is 1. The number of hydrogen-bond acceptors (Lipinski definition) is 3. The van der Waals surface area contributed by atoms with E-state index in [1.165, 1.54) is 11.3 Å². The lowest BCUT2D eigenvalue weighted by atomic mass is 10.1. The molecule has 1 fully saturated rings. The first-order valence-electron chi connectivity index (χ1n) is 8.69. The van der Waals surface area contributed by atoms with Crippen LogP contribution in [-0.4, -0.2) is 28.0 Å². The maximum atomic E-state index is 13.1. The molecule has 1 aromatic heterocycles. The highest BCUT2D eigenvalue weighted by atomic mass is 32.1. The summed E-state index contributed by atoms with van der Waals surface area (Å²) in [6.45, 7) is 5.50. The summed E-state index contributed by atoms with van der Waals surface area (Å²) >= 11 is 1.52. The number of nitrogens with zero attached hydrogens (tertiary/aromatic N) is 3. The number of rotatable bonds is 4. The minimum Gasteiger partial charge on any atom is -0.318 e. The van der Waals surface area contributed by atoms with Gasteiger partial charge in [-0.1, -0.05) is 60.7 Å². The van der Waals surface area contributed by atoms with Gasteiger partial charge in [0.05, 0.1) is 11.2 Å². The van der Waals surface area contributed by atoms with Gasteiger partial charge in [0.25, 0.3) is 0 Å². The van der Waals surface area contributed by atoms with E-state index in [2.05, 4.69) is 26.0 Å². The van der Waals surface area contributed by atoms with Gasteiger partial charge in [-0.25, -0.2) is 9.78 Å². The molecule has 0 saturated carbocycles. The Balaban J connectivity index is 1.60. The van der Waals surface area contributed by atoms with E-state index >= 15 is 0 Å². The summed E-state index contributed by atoms with van der Waals surface area (Å²) in [4.78, 5) is 21.6. The summed E-state index contributed by atoms with van der Waals surface area (Å²) in [7, 11) is 0. The van der Waals surface area contributed by atoms with Gasteiger partial charge in [0.15, 0.2) is 5.13 Å². The summed E-state index contributed by atoms with van der Waals surface area (Å²) in [5.41, 5.74) is 2.83. The molecule has 0 unspecified atom stereocenters. The fraction of sp³-hybridized carbons (Fsp3) is 0.238. The smallest absolute Gasteiger partial charge is 0.318 e. The van der Waals surface area contributed by atoms with Crippen molar-refractivity contribution in [2.24, 2.45) is 0 Å². The second kappa shape index (κ2) is 6.57. The van der Waals surface area contributed by atoms with Crippen molar-refractivity contribution in [2.45, 2.75) is 25.9 Å². The summed E-state index contributed by atoms with van der Waals surface area (Å²) < 4.78 is 0. The molecule has 4 nitrogen and oxygen atoms in total. The second-order valence-corrected chi connectivity index (χ2v) is 7.99. The van der Waals surface area contributed by atoms with Crippen molar-refractivity contribution in [1.29, 1.82) is 0 Å². The van der Waals surface area contributed by atoms with Crippen molar-refractivity contribution in [3.05, 3.63) is 71.6 Å². The van der Waals surface area contributed by atoms with E-state index in [0.717, 1.165) is 22.0 Å². The molecule has 2 aromatic carbocycles. The Morgan fingerprint density at radius 2 is 1.69 bits per heavy atom. The highest BCUT2D eigenvalue weighted by Gasteiger charge is 2.45. The van der Waals surface area contributed by atoms with Crippen molar-refractivity contribution in [1.82, 2.24) is 9.88 Å². The molecule has 26 heavy (non-hydrogen) atoms. The molecule has 0 spiro atoms. The fourth-order valence-electron chi connectivity index (χ4n) is 3.38. The summed E-state index contributed by atoms with van der Waals surface area (Å²) in [5, 5.41) is 2.78. The second-order valence-electron chi connectivity index (χ2n) is 7.15. The van der Waals surface area contributed by atoms with Crippen LogP contribution in [0.1, 0.15) is 19.4 Å². The average molecular weight is 363 g/mol. The minimum absolute atomic E-state index is 0.0211. The number of thiazole rings is 1. The van der Waals surface area contributed by atoms with Crippen LogP contribution in [0.4, 0.5) is 9.93 Å². The number of urea groups is 1. The first-order valence-corrected chi connectivity index (χ1v) is 9.56. The summed E-state index contributed by atoms with van der Waals surface area (Å²) in [5.74, 6) is 0. The quantitative estimate of drug-likeness (QED) is 0.652. The Kier molecular flexibility index (Phi) is 4.24. The van der Waals surface area contributed by atoms with Gasteiger partial charge in [-0.05, 0) is 19.4 Å². The van der Waals surface area contributed by atoms with E-state index < -0.39 is 0 Å². The van der Waals surface area contributed by atoms with E-state index in [0.29, 0.717) is 13.1 Å². The van der Waals surface area contributed by atoms with E-state index in [-0.39, 0.29) is 11.6 Å². The van der Waals surface area contributed by atoms with Crippen LogP contribution in [0.3, 0.4) is 0 Å². The van der Waals surface area contributed by atoms with Crippen LogP contribution in [0.2, 0.25) is 0 Å². The molecular weight excluding hydrogens is 342 g/mol. The molecule has 132 valence electrons. The number of aromatic nitrogens is 1. The van der Waals surface area contributed by atoms with Gasteiger partial charge in [0.2, 0.25) is 0 Å². The third kappa shape index (κ3) is 3.10. The van der Waals surface area contributed by atoms with Crippen LogP contribution in [0.25, 0.3) is 11.3 Å². The minimum atomic E-state index is -0.294.